The van der Waals surface area contributed by atoms with Crippen LogP contribution in [0.25, 0.3) is 0 Å². The van der Waals surface area contributed by atoms with Gasteiger partial charge in [0.1, 0.15) is 5.82 Å². The van der Waals surface area contributed by atoms with Gasteiger partial charge in [0.05, 0.1) is 5.54 Å². The smallest absolute Gasteiger partial charge is 0.222 e. The van der Waals surface area contributed by atoms with Crippen molar-refractivity contribution in [1.29, 1.82) is 0 Å². The Kier molecular flexibility index (Phi) is 8.59. The molecule has 0 aromatic heterocycles. The Labute approximate surface area is 150 Å². The quantitative estimate of drug-likeness (QED) is 0.693. The molecule has 1 aromatic carbocycles. The van der Waals surface area contributed by atoms with Gasteiger partial charge in [0.25, 0.3) is 0 Å². The van der Waals surface area contributed by atoms with E-state index in [0.29, 0.717) is 19.3 Å². The third-order valence-electron chi connectivity index (χ3n) is 4.15. The fourth-order valence-corrected chi connectivity index (χ4v) is 2.81. The molecule has 4 nitrogen and oxygen atoms in total. The van der Waals surface area contributed by atoms with Crippen molar-refractivity contribution in [3.8, 4) is 0 Å². The van der Waals surface area contributed by atoms with E-state index in [1.807, 2.05) is 18.7 Å². The van der Waals surface area contributed by atoms with Crippen LogP contribution in [0.2, 0.25) is 0 Å². The minimum atomic E-state index is -0.578. The van der Waals surface area contributed by atoms with Gasteiger partial charge in [-0.1, -0.05) is 26.0 Å². The van der Waals surface area contributed by atoms with Gasteiger partial charge in [-0.05, 0) is 50.8 Å². The molecule has 0 fully saturated rings. The first-order valence-electron chi connectivity index (χ1n) is 9.15. The standard InChI is InChI=1S/C20H31FN2O2/c1-5-14-23(15-6-2)19(25)9-7-8-18(24)22-20(3,4)16-10-12-17(21)13-11-16/h10-13H,5-9,14-15H2,1-4H3,(H,22,24). The van der Waals surface area contributed by atoms with Crippen molar-refractivity contribution in [2.75, 3.05) is 13.1 Å². The van der Waals surface area contributed by atoms with Gasteiger partial charge >= 0.3 is 0 Å². The third-order valence-corrected chi connectivity index (χ3v) is 4.15. The number of rotatable bonds is 10. The first-order chi connectivity index (χ1) is 11.8. The average molecular weight is 350 g/mol. The summed E-state index contributed by atoms with van der Waals surface area (Å²) in [7, 11) is 0. The third kappa shape index (κ3) is 7.24. The number of benzene rings is 1. The second kappa shape index (κ2) is 10.2. The van der Waals surface area contributed by atoms with Crippen molar-refractivity contribution < 1.29 is 14.0 Å². The summed E-state index contributed by atoms with van der Waals surface area (Å²) < 4.78 is 13.0. The Hall–Kier alpha value is -1.91. The molecule has 25 heavy (non-hydrogen) atoms. The fourth-order valence-electron chi connectivity index (χ4n) is 2.81. The Bertz CT molecular complexity index is 549. The van der Waals surface area contributed by atoms with Crippen LogP contribution in [0.5, 0.6) is 0 Å². The maximum Gasteiger partial charge on any atom is 0.222 e. The summed E-state index contributed by atoms with van der Waals surface area (Å²) >= 11 is 0. The molecule has 0 aliphatic carbocycles. The molecule has 140 valence electrons. The van der Waals surface area contributed by atoms with Crippen molar-refractivity contribution >= 4 is 11.8 Å². The van der Waals surface area contributed by atoms with Crippen LogP contribution < -0.4 is 5.32 Å². The van der Waals surface area contributed by atoms with Crippen LogP contribution in [0.4, 0.5) is 4.39 Å². The van der Waals surface area contributed by atoms with Crippen LogP contribution in [0.3, 0.4) is 0 Å². The summed E-state index contributed by atoms with van der Waals surface area (Å²) in [6.45, 7) is 9.43. The van der Waals surface area contributed by atoms with E-state index in [1.54, 1.807) is 12.1 Å². The predicted octanol–water partition coefficient (Wildman–Crippen LogP) is 4.00. The topological polar surface area (TPSA) is 49.4 Å². The molecule has 0 aliphatic heterocycles. The zero-order valence-corrected chi connectivity index (χ0v) is 15.9. The molecule has 0 saturated heterocycles. The van der Waals surface area contributed by atoms with Crippen molar-refractivity contribution in [2.45, 2.75) is 65.3 Å². The normalized spacial score (nSPS) is 11.2. The van der Waals surface area contributed by atoms with E-state index < -0.39 is 5.54 Å². The minimum absolute atomic E-state index is 0.0975. The summed E-state index contributed by atoms with van der Waals surface area (Å²) in [6, 6.07) is 6.12. The monoisotopic (exact) mass is 350 g/mol. The highest BCUT2D eigenvalue weighted by atomic mass is 19.1. The lowest BCUT2D eigenvalue weighted by atomic mass is 9.94. The van der Waals surface area contributed by atoms with Gasteiger partial charge in [-0.3, -0.25) is 9.59 Å². The molecule has 0 heterocycles. The second-order valence-corrected chi connectivity index (χ2v) is 6.91. The van der Waals surface area contributed by atoms with E-state index in [9.17, 15) is 14.0 Å². The van der Waals surface area contributed by atoms with Gasteiger partial charge in [-0.25, -0.2) is 4.39 Å². The van der Waals surface area contributed by atoms with E-state index in [4.69, 9.17) is 0 Å². The molecule has 0 bridgehead atoms. The van der Waals surface area contributed by atoms with E-state index in [-0.39, 0.29) is 17.6 Å². The van der Waals surface area contributed by atoms with E-state index >= 15 is 0 Å². The van der Waals surface area contributed by atoms with Crippen LogP contribution in [0.1, 0.15) is 65.4 Å². The highest BCUT2D eigenvalue weighted by molar-refractivity contribution is 5.79. The molecule has 0 saturated carbocycles. The molecular formula is C20H31FN2O2. The average Bonchev–Trinajstić information content (AvgIpc) is 2.54. The van der Waals surface area contributed by atoms with E-state index in [1.165, 1.54) is 12.1 Å². The second-order valence-electron chi connectivity index (χ2n) is 6.91. The Morgan fingerprint density at radius 3 is 2.12 bits per heavy atom. The lowest BCUT2D eigenvalue weighted by Crippen LogP contribution is -2.41. The molecule has 0 aliphatic rings. The molecule has 0 spiro atoms. The van der Waals surface area contributed by atoms with Crippen LogP contribution in [0.15, 0.2) is 24.3 Å². The lowest BCUT2D eigenvalue weighted by molar-refractivity contribution is -0.131. The first-order valence-corrected chi connectivity index (χ1v) is 9.15. The van der Waals surface area contributed by atoms with Gasteiger partial charge < -0.3 is 10.2 Å². The van der Waals surface area contributed by atoms with Crippen LogP contribution >= 0.6 is 0 Å². The summed E-state index contributed by atoms with van der Waals surface area (Å²) in [6.07, 6.45) is 3.12. The Morgan fingerprint density at radius 1 is 1.04 bits per heavy atom. The number of hydrogen-bond acceptors (Lipinski definition) is 2. The van der Waals surface area contributed by atoms with Crippen LogP contribution in [-0.2, 0) is 15.1 Å². The molecule has 1 aromatic rings. The van der Waals surface area contributed by atoms with Gasteiger partial charge in [-0.2, -0.15) is 0 Å². The summed E-state index contributed by atoms with van der Waals surface area (Å²) in [5, 5.41) is 2.96. The Balaban J connectivity index is 2.46. The molecule has 1 rings (SSSR count). The van der Waals surface area contributed by atoms with Crippen LogP contribution in [0, 0.1) is 5.82 Å². The van der Waals surface area contributed by atoms with E-state index in [0.717, 1.165) is 31.5 Å². The number of hydrogen-bond donors (Lipinski definition) is 1. The maximum atomic E-state index is 13.0. The van der Waals surface area contributed by atoms with Gasteiger partial charge in [0, 0.05) is 25.9 Å². The number of nitrogens with one attached hydrogen (secondary N) is 1. The zero-order valence-electron chi connectivity index (χ0n) is 15.9. The van der Waals surface area contributed by atoms with Crippen LogP contribution in [-0.4, -0.2) is 29.8 Å². The highest BCUT2D eigenvalue weighted by Crippen LogP contribution is 2.20. The maximum absolute atomic E-state index is 13.0. The molecule has 2 amide bonds. The molecule has 0 unspecified atom stereocenters. The minimum Gasteiger partial charge on any atom is -0.347 e. The van der Waals surface area contributed by atoms with Crippen molar-refractivity contribution in [3.63, 3.8) is 0 Å². The van der Waals surface area contributed by atoms with Gasteiger partial charge in [0.15, 0.2) is 0 Å². The predicted molar refractivity (Wildman–Crippen MR) is 98.6 cm³/mol. The summed E-state index contributed by atoms with van der Waals surface area (Å²) in [5.41, 5.74) is 0.265. The molecular weight excluding hydrogens is 319 g/mol. The molecule has 5 heteroatoms. The number of nitrogens with zero attached hydrogens (tertiary/aromatic N) is 1. The molecule has 0 radical (unpaired) electrons. The highest BCUT2D eigenvalue weighted by Gasteiger charge is 2.23. The largest absolute Gasteiger partial charge is 0.347 e. The number of amides is 2. The number of carbonyl (C=O) groups excluding carboxylic acids is 2. The first kappa shape index (κ1) is 21.1. The zero-order chi connectivity index (χ0) is 18.9. The lowest BCUT2D eigenvalue weighted by Gasteiger charge is -2.27. The van der Waals surface area contributed by atoms with E-state index in [2.05, 4.69) is 19.2 Å². The molecule has 0 atom stereocenters. The van der Waals surface area contributed by atoms with Gasteiger partial charge in [0.2, 0.25) is 11.8 Å². The SMILES string of the molecule is CCCN(CCC)C(=O)CCCC(=O)NC(C)(C)c1ccc(F)cc1. The summed E-state index contributed by atoms with van der Waals surface area (Å²) in [4.78, 5) is 26.3. The fraction of sp³-hybridized carbons (Fsp3) is 0.600. The number of carbonyl (C=O) groups is 2. The number of halogens is 1. The summed E-state index contributed by atoms with van der Waals surface area (Å²) in [5.74, 6) is -0.276. The van der Waals surface area contributed by atoms with Crippen molar-refractivity contribution in [3.05, 3.63) is 35.6 Å². The van der Waals surface area contributed by atoms with Crippen molar-refractivity contribution in [2.24, 2.45) is 0 Å². The van der Waals surface area contributed by atoms with Gasteiger partial charge in [-0.15, -0.1) is 0 Å². The van der Waals surface area contributed by atoms with Crippen molar-refractivity contribution in [1.82, 2.24) is 10.2 Å². The Morgan fingerprint density at radius 2 is 1.60 bits per heavy atom. The molecule has 1 N–H and O–H groups in total.